The minimum atomic E-state index is -4.96. The second-order valence-corrected chi connectivity index (χ2v) is 9.77. The molecule has 0 amide bonds. The molecular formula is C21H17N4O8S2. The molecule has 181 valence electrons. The standard InChI is InChI=1S/C21H17N4O8S2/c1-13(19-10-8-17(25(26)27)12-21(19)35(31,32)33)18-9-7-16(11-20(18)34(28,29)30)24-23-15-5-3-14(22-2)4-6-15/h3-12H,1H2,2H3,(H,28,29,30)(H,31,32,33)/b24-23+. The van der Waals surface area contributed by atoms with Gasteiger partial charge in [-0.25, -0.2) is 0 Å². The molecule has 0 aliphatic rings. The van der Waals surface area contributed by atoms with Crippen LogP contribution in [-0.2, 0) is 20.2 Å². The van der Waals surface area contributed by atoms with E-state index in [2.05, 4.69) is 22.1 Å². The lowest BCUT2D eigenvalue weighted by molar-refractivity contribution is -0.385. The third-order valence-electron chi connectivity index (χ3n) is 4.74. The highest BCUT2D eigenvalue weighted by molar-refractivity contribution is 7.86. The molecule has 0 aliphatic heterocycles. The monoisotopic (exact) mass is 517 g/mol. The van der Waals surface area contributed by atoms with E-state index in [-0.39, 0.29) is 22.4 Å². The Bertz CT molecular complexity index is 1570. The Morgan fingerprint density at radius 3 is 1.77 bits per heavy atom. The van der Waals surface area contributed by atoms with Crippen molar-refractivity contribution in [2.45, 2.75) is 9.79 Å². The van der Waals surface area contributed by atoms with Crippen molar-refractivity contribution in [3.8, 4) is 0 Å². The number of benzene rings is 3. The van der Waals surface area contributed by atoms with E-state index >= 15 is 0 Å². The Kier molecular flexibility index (Phi) is 7.11. The van der Waals surface area contributed by atoms with Crippen molar-refractivity contribution in [3.63, 3.8) is 0 Å². The molecule has 14 heteroatoms. The molecule has 0 heterocycles. The lowest BCUT2D eigenvalue weighted by Gasteiger charge is -2.13. The van der Waals surface area contributed by atoms with Gasteiger partial charge in [0.2, 0.25) is 0 Å². The van der Waals surface area contributed by atoms with Crippen LogP contribution in [0.25, 0.3) is 5.57 Å². The van der Waals surface area contributed by atoms with Crippen molar-refractivity contribution in [2.24, 2.45) is 10.2 Å². The van der Waals surface area contributed by atoms with E-state index in [1.54, 1.807) is 31.3 Å². The predicted octanol–water partition coefficient (Wildman–Crippen LogP) is 4.43. The van der Waals surface area contributed by atoms with Gasteiger partial charge in [-0.05, 0) is 48.0 Å². The van der Waals surface area contributed by atoms with Gasteiger partial charge in [-0.2, -0.15) is 27.1 Å². The van der Waals surface area contributed by atoms with E-state index in [0.29, 0.717) is 11.8 Å². The molecule has 0 aliphatic carbocycles. The summed E-state index contributed by atoms with van der Waals surface area (Å²) in [6.45, 7) is 3.67. The van der Waals surface area contributed by atoms with Crippen LogP contribution >= 0.6 is 0 Å². The maximum Gasteiger partial charge on any atom is 0.295 e. The number of hydrogen-bond donors (Lipinski definition) is 2. The van der Waals surface area contributed by atoms with Gasteiger partial charge >= 0.3 is 0 Å². The summed E-state index contributed by atoms with van der Waals surface area (Å²) in [5.74, 6) is 0. The van der Waals surface area contributed by atoms with Crippen LogP contribution in [0, 0.1) is 10.1 Å². The Morgan fingerprint density at radius 1 is 0.800 bits per heavy atom. The molecule has 0 saturated carbocycles. The first kappa shape index (κ1) is 25.6. The Hall–Kier alpha value is -3.98. The zero-order valence-electron chi connectivity index (χ0n) is 17.9. The summed E-state index contributed by atoms with van der Waals surface area (Å²) in [5.41, 5.74) is -0.197. The van der Waals surface area contributed by atoms with Gasteiger partial charge < -0.3 is 0 Å². The highest BCUT2D eigenvalue weighted by Gasteiger charge is 2.25. The third-order valence-corrected chi connectivity index (χ3v) is 6.52. The molecule has 3 aromatic rings. The van der Waals surface area contributed by atoms with Crippen LogP contribution in [-0.4, -0.2) is 37.9 Å². The van der Waals surface area contributed by atoms with Crippen LogP contribution in [0.1, 0.15) is 11.1 Å². The summed E-state index contributed by atoms with van der Waals surface area (Å²) in [7, 11) is -8.20. The molecule has 35 heavy (non-hydrogen) atoms. The van der Waals surface area contributed by atoms with Gasteiger partial charge in [0.15, 0.2) is 0 Å². The van der Waals surface area contributed by atoms with Gasteiger partial charge in [0.05, 0.1) is 22.0 Å². The molecule has 0 unspecified atom stereocenters. The number of non-ortho nitro benzene ring substituents is 1. The van der Waals surface area contributed by atoms with Crippen molar-refractivity contribution in [2.75, 3.05) is 7.05 Å². The van der Waals surface area contributed by atoms with Crippen LogP contribution in [0.4, 0.5) is 22.7 Å². The van der Waals surface area contributed by atoms with Crippen molar-refractivity contribution < 1.29 is 30.9 Å². The Morgan fingerprint density at radius 2 is 1.26 bits per heavy atom. The van der Waals surface area contributed by atoms with Gasteiger partial charge in [0.25, 0.3) is 25.9 Å². The second-order valence-electron chi connectivity index (χ2n) is 6.99. The van der Waals surface area contributed by atoms with Gasteiger partial charge in [0, 0.05) is 30.3 Å². The van der Waals surface area contributed by atoms with Crippen LogP contribution < -0.4 is 5.32 Å². The van der Waals surface area contributed by atoms with Gasteiger partial charge in [-0.3, -0.25) is 24.5 Å². The topological polar surface area (TPSA) is 191 Å². The van der Waals surface area contributed by atoms with Gasteiger partial charge in [0.1, 0.15) is 9.79 Å². The van der Waals surface area contributed by atoms with Crippen LogP contribution in [0.5, 0.6) is 0 Å². The number of nitro groups is 1. The summed E-state index contributed by atoms with van der Waals surface area (Å²) >= 11 is 0. The molecule has 1 radical (unpaired) electrons. The number of azo groups is 1. The van der Waals surface area contributed by atoms with Crippen molar-refractivity contribution in [3.05, 3.63) is 88.5 Å². The zero-order valence-corrected chi connectivity index (χ0v) is 19.6. The lowest BCUT2D eigenvalue weighted by Crippen LogP contribution is -2.07. The lowest BCUT2D eigenvalue weighted by atomic mass is 9.99. The molecular weight excluding hydrogens is 500 g/mol. The SMILES string of the molecule is C=C(c1ccc(/N=N/c2ccc([N]C)cc2)cc1S(=O)(=O)O)c1ccc([N+](=O)[O-])cc1S(=O)(=O)O. The molecule has 0 spiro atoms. The number of nitrogens with zero attached hydrogens (tertiary/aromatic N) is 4. The first-order chi connectivity index (χ1) is 16.3. The highest BCUT2D eigenvalue weighted by Crippen LogP contribution is 2.35. The summed E-state index contributed by atoms with van der Waals surface area (Å²) in [5, 5.41) is 22.9. The first-order valence-electron chi connectivity index (χ1n) is 9.50. The van der Waals surface area contributed by atoms with Gasteiger partial charge in [-0.1, -0.05) is 12.6 Å². The maximum absolute atomic E-state index is 12.1. The second kappa shape index (κ2) is 9.71. The van der Waals surface area contributed by atoms with E-state index in [0.717, 1.165) is 23.9 Å². The minimum Gasteiger partial charge on any atom is -0.289 e. The van der Waals surface area contributed by atoms with Crippen molar-refractivity contribution >= 4 is 48.6 Å². The molecule has 2 N–H and O–H groups in total. The van der Waals surface area contributed by atoms with E-state index < -0.39 is 40.6 Å². The molecule has 0 atom stereocenters. The zero-order chi connectivity index (χ0) is 26.0. The first-order valence-corrected chi connectivity index (χ1v) is 12.4. The largest absolute Gasteiger partial charge is 0.295 e. The average molecular weight is 518 g/mol. The summed E-state index contributed by atoms with van der Waals surface area (Å²) in [6.07, 6.45) is 0. The van der Waals surface area contributed by atoms with Crippen LogP contribution in [0.3, 0.4) is 0 Å². The molecule has 0 fully saturated rings. The molecule has 3 rings (SSSR count). The quantitative estimate of drug-likeness (QED) is 0.190. The minimum absolute atomic E-state index is 0.0390. The van der Waals surface area contributed by atoms with E-state index in [1.165, 1.54) is 12.1 Å². The third kappa shape index (κ3) is 5.93. The fourth-order valence-corrected chi connectivity index (χ4v) is 4.53. The van der Waals surface area contributed by atoms with E-state index in [9.17, 15) is 36.1 Å². The predicted molar refractivity (Wildman–Crippen MR) is 126 cm³/mol. The van der Waals surface area contributed by atoms with Crippen LogP contribution in [0.15, 0.2) is 87.3 Å². The molecule has 0 bridgehead atoms. The summed E-state index contributed by atoms with van der Waals surface area (Å²) < 4.78 is 67.2. The average Bonchev–Trinajstić information content (AvgIpc) is 2.81. The summed E-state index contributed by atoms with van der Waals surface area (Å²) in [6, 6.07) is 12.8. The van der Waals surface area contributed by atoms with Gasteiger partial charge in [-0.15, -0.1) is 0 Å². The number of rotatable bonds is 8. The number of nitro benzene ring substituents is 1. The summed E-state index contributed by atoms with van der Waals surface area (Å²) in [4.78, 5) is 8.63. The van der Waals surface area contributed by atoms with Crippen LogP contribution in [0.2, 0.25) is 0 Å². The smallest absolute Gasteiger partial charge is 0.289 e. The fourth-order valence-electron chi connectivity index (χ4n) is 3.05. The van der Waals surface area contributed by atoms with E-state index in [1.807, 2.05) is 0 Å². The molecule has 0 saturated heterocycles. The highest BCUT2D eigenvalue weighted by atomic mass is 32.2. The van der Waals surface area contributed by atoms with E-state index in [4.69, 9.17) is 0 Å². The molecule has 3 aromatic carbocycles. The number of hydrogen-bond acceptors (Lipinski definition) is 8. The van der Waals surface area contributed by atoms with Crippen molar-refractivity contribution in [1.82, 2.24) is 5.32 Å². The normalized spacial score (nSPS) is 12.0. The Balaban J connectivity index is 2.09. The molecule has 0 aromatic heterocycles. The maximum atomic E-state index is 12.1. The molecule has 12 nitrogen and oxygen atoms in total. The Labute approximate surface area is 200 Å². The van der Waals surface area contributed by atoms with Crippen molar-refractivity contribution in [1.29, 1.82) is 0 Å². The fraction of sp³-hybridized carbons (Fsp3) is 0.0476.